The Hall–Kier alpha value is 0.600. The van der Waals surface area contributed by atoms with Crippen LogP contribution in [0, 0.1) is 0 Å². The Labute approximate surface area is 59.7 Å². The van der Waals surface area contributed by atoms with Gasteiger partial charge in [0.1, 0.15) is 5.56 Å². The van der Waals surface area contributed by atoms with Crippen LogP contribution >= 0.6 is 23.4 Å². The summed E-state index contributed by atoms with van der Waals surface area (Å²) in [6.07, 6.45) is 2.01. The molecule has 0 fully saturated rings. The van der Waals surface area contributed by atoms with Crippen molar-refractivity contribution >= 4 is 23.4 Å². The van der Waals surface area contributed by atoms with Gasteiger partial charge in [-0.25, -0.2) is 0 Å². The summed E-state index contributed by atoms with van der Waals surface area (Å²) in [6.45, 7) is 2.64. The summed E-state index contributed by atoms with van der Waals surface area (Å²) in [5.41, 5.74) is -0.102. The molecule has 1 unspecified atom stereocenters. The van der Waals surface area contributed by atoms with Crippen LogP contribution in [0.25, 0.3) is 0 Å². The van der Waals surface area contributed by atoms with Crippen molar-refractivity contribution in [3.05, 3.63) is 0 Å². The zero-order valence-corrected chi connectivity index (χ0v) is 6.76. The Balaban J connectivity index is 2.92. The van der Waals surface area contributed by atoms with Gasteiger partial charge in [0.15, 0.2) is 0 Å². The third-order valence-electron chi connectivity index (χ3n) is 0.645. The van der Waals surface area contributed by atoms with E-state index in [1.165, 1.54) is 0 Å². The van der Waals surface area contributed by atoms with E-state index in [9.17, 15) is 0 Å². The molecule has 0 aromatic rings. The minimum atomic E-state index is -0.102. The van der Waals surface area contributed by atoms with Crippen molar-refractivity contribution < 1.29 is 4.74 Å². The first-order chi connectivity index (χ1) is 3.81. The summed E-state index contributed by atoms with van der Waals surface area (Å²) in [6, 6.07) is 0. The van der Waals surface area contributed by atoms with Crippen molar-refractivity contribution in [3.63, 3.8) is 0 Å². The summed E-state index contributed by atoms with van der Waals surface area (Å²) in [5, 5.41) is 0. The Morgan fingerprint density at radius 2 is 2.38 bits per heavy atom. The molecule has 0 spiro atoms. The number of hydrogen-bond donors (Lipinski definition) is 0. The fourth-order valence-electron chi connectivity index (χ4n) is 0.360. The van der Waals surface area contributed by atoms with Crippen LogP contribution in [0.2, 0.25) is 0 Å². The molecule has 0 amide bonds. The third-order valence-corrected chi connectivity index (χ3v) is 1.74. The molecule has 0 aromatic carbocycles. The molecule has 0 aromatic heterocycles. The fourth-order valence-corrected chi connectivity index (χ4v) is 1.22. The average Bonchev–Trinajstić information content (AvgIpc) is 1.68. The molecule has 0 rings (SSSR count). The predicted octanol–water partition coefficient (Wildman–Crippen LogP) is 1.95. The molecule has 0 saturated heterocycles. The van der Waals surface area contributed by atoms with E-state index in [0.29, 0.717) is 6.61 Å². The summed E-state index contributed by atoms with van der Waals surface area (Å²) in [4.78, 5) is 0. The second-order valence-electron chi connectivity index (χ2n) is 1.32. The summed E-state index contributed by atoms with van der Waals surface area (Å²) >= 11 is 7.33. The Morgan fingerprint density at radius 3 is 2.75 bits per heavy atom. The van der Waals surface area contributed by atoms with Gasteiger partial charge in [0.05, 0.1) is 0 Å². The van der Waals surface area contributed by atoms with E-state index in [2.05, 4.69) is 0 Å². The summed E-state index contributed by atoms with van der Waals surface area (Å²) in [5.74, 6) is 0.870. The van der Waals surface area contributed by atoms with Gasteiger partial charge in [-0.1, -0.05) is 11.6 Å². The first-order valence-corrected chi connectivity index (χ1v) is 4.39. The second-order valence-corrected chi connectivity index (χ2v) is 2.72. The molecule has 1 nitrogen and oxygen atoms in total. The third kappa shape index (κ3) is 4.75. The maximum absolute atomic E-state index is 5.64. The minimum absolute atomic E-state index is 0.102. The zero-order valence-electron chi connectivity index (χ0n) is 5.19. The molecule has 0 aliphatic carbocycles. The van der Waals surface area contributed by atoms with Crippen molar-refractivity contribution in [2.75, 3.05) is 18.6 Å². The highest BCUT2D eigenvalue weighted by molar-refractivity contribution is 7.98. The average molecular weight is 155 g/mol. The van der Waals surface area contributed by atoms with Crippen LogP contribution in [-0.4, -0.2) is 24.2 Å². The highest BCUT2D eigenvalue weighted by atomic mass is 35.5. The number of hydrogen-bond acceptors (Lipinski definition) is 2. The highest BCUT2D eigenvalue weighted by Gasteiger charge is 1.98. The zero-order chi connectivity index (χ0) is 6.41. The van der Waals surface area contributed by atoms with E-state index in [-0.39, 0.29) is 5.56 Å². The van der Waals surface area contributed by atoms with E-state index >= 15 is 0 Å². The Bertz CT molecular complexity index is 45.7. The van der Waals surface area contributed by atoms with Gasteiger partial charge in [-0.2, -0.15) is 11.8 Å². The Kier molecular flexibility index (Phi) is 6.16. The largest absolute Gasteiger partial charge is 0.362 e. The van der Waals surface area contributed by atoms with Crippen molar-refractivity contribution in [2.24, 2.45) is 0 Å². The molecular formula is C5H11ClOS. The molecule has 50 valence electrons. The van der Waals surface area contributed by atoms with Gasteiger partial charge in [-0.15, -0.1) is 0 Å². The first-order valence-electron chi connectivity index (χ1n) is 2.55. The molecular weight excluding hydrogens is 144 g/mol. The van der Waals surface area contributed by atoms with Crippen LogP contribution in [0.15, 0.2) is 0 Å². The number of rotatable bonds is 4. The lowest BCUT2D eigenvalue weighted by Crippen LogP contribution is -2.06. The predicted molar refractivity (Wildman–Crippen MR) is 39.6 cm³/mol. The van der Waals surface area contributed by atoms with Gasteiger partial charge >= 0.3 is 0 Å². The fraction of sp³-hybridized carbons (Fsp3) is 1.00. The molecule has 3 heteroatoms. The molecule has 0 saturated carbocycles. The SMILES string of the molecule is CCOC(Cl)CSC. The van der Waals surface area contributed by atoms with Crippen molar-refractivity contribution in [2.45, 2.75) is 12.5 Å². The van der Waals surface area contributed by atoms with Gasteiger partial charge in [0, 0.05) is 12.4 Å². The normalized spacial score (nSPS) is 13.9. The number of ether oxygens (including phenoxy) is 1. The van der Waals surface area contributed by atoms with Crippen molar-refractivity contribution in [1.82, 2.24) is 0 Å². The molecule has 8 heavy (non-hydrogen) atoms. The van der Waals surface area contributed by atoms with Gasteiger partial charge in [0.25, 0.3) is 0 Å². The van der Waals surface area contributed by atoms with E-state index in [0.717, 1.165) is 5.75 Å². The monoisotopic (exact) mass is 154 g/mol. The second kappa shape index (κ2) is 5.73. The molecule has 1 atom stereocenters. The van der Waals surface area contributed by atoms with E-state index in [1.54, 1.807) is 11.8 Å². The maximum Gasteiger partial charge on any atom is 0.140 e. The van der Waals surface area contributed by atoms with E-state index < -0.39 is 0 Å². The first kappa shape index (κ1) is 8.60. The van der Waals surface area contributed by atoms with Crippen LogP contribution in [0.5, 0.6) is 0 Å². The maximum atomic E-state index is 5.64. The lowest BCUT2D eigenvalue weighted by Gasteiger charge is -2.05. The van der Waals surface area contributed by atoms with Crippen LogP contribution < -0.4 is 0 Å². The van der Waals surface area contributed by atoms with Gasteiger partial charge in [-0.3, -0.25) is 0 Å². The molecule has 0 aliphatic rings. The lowest BCUT2D eigenvalue weighted by atomic mass is 10.8. The molecule has 0 heterocycles. The minimum Gasteiger partial charge on any atom is -0.362 e. The summed E-state index contributed by atoms with van der Waals surface area (Å²) < 4.78 is 5.03. The molecule has 0 N–H and O–H groups in total. The van der Waals surface area contributed by atoms with E-state index in [1.807, 2.05) is 13.2 Å². The van der Waals surface area contributed by atoms with Crippen LogP contribution in [-0.2, 0) is 4.74 Å². The standard InChI is InChI=1S/C5H11ClOS/c1-3-7-5(6)4-8-2/h5H,3-4H2,1-2H3. The molecule has 0 bridgehead atoms. The lowest BCUT2D eigenvalue weighted by molar-refractivity contribution is 0.135. The summed E-state index contributed by atoms with van der Waals surface area (Å²) in [7, 11) is 0. The quantitative estimate of drug-likeness (QED) is 0.573. The molecule has 0 radical (unpaired) electrons. The number of thioether (sulfide) groups is 1. The number of halogens is 1. The Morgan fingerprint density at radius 1 is 1.75 bits per heavy atom. The van der Waals surface area contributed by atoms with Crippen molar-refractivity contribution in [1.29, 1.82) is 0 Å². The van der Waals surface area contributed by atoms with Gasteiger partial charge in [-0.05, 0) is 13.2 Å². The van der Waals surface area contributed by atoms with Gasteiger partial charge < -0.3 is 4.74 Å². The van der Waals surface area contributed by atoms with E-state index in [4.69, 9.17) is 16.3 Å². The van der Waals surface area contributed by atoms with Crippen LogP contribution in [0.3, 0.4) is 0 Å². The van der Waals surface area contributed by atoms with Crippen LogP contribution in [0.1, 0.15) is 6.92 Å². The smallest absolute Gasteiger partial charge is 0.140 e. The van der Waals surface area contributed by atoms with Crippen molar-refractivity contribution in [3.8, 4) is 0 Å². The molecule has 0 aliphatic heterocycles. The topological polar surface area (TPSA) is 9.23 Å². The van der Waals surface area contributed by atoms with Gasteiger partial charge in [0.2, 0.25) is 0 Å². The number of alkyl halides is 1. The van der Waals surface area contributed by atoms with Crippen LogP contribution in [0.4, 0.5) is 0 Å². The highest BCUT2D eigenvalue weighted by Crippen LogP contribution is 2.04.